The Hall–Kier alpha value is -2.17. The molecule has 0 saturated heterocycles. The SMILES string of the molecule is CCOC(=O)c1ccc(N/N=C2\CCCCCC2=O)cc1. The monoisotopic (exact) mass is 288 g/mol. The maximum absolute atomic E-state index is 11.8. The fraction of sp³-hybridized carbons (Fsp3) is 0.438. The van der Waals surface area contributed by atoms with E-state index in [2.05, 4.69) is 10.5 Å². The number of rotatable bonds is 4. The third kappa shape index (κ3) is 4.41. The van der Waals surface area contributed by atoms with Crippen LogP contribution in [0.2, 0.25) is 0 Å². The molecule has 1 aromatic rings. The molecule has 21 heavy (non-hydrogen) atoms. The topological polar surface area (TPSA) is 67.8 Å². The van der Waals surface area contributed by atoms with Gasteiger partial charge in [-0.05, 0) is 50.5 Å². The van der Waals surface area contributed by atoms with Gasteiger partial charge in [-0.15, -0.1) is 0 Å². The van der Waals surface area contributed by atoms with Crippen molar-refractivity contribution in [1.82, 2.24) is 0 Å². The molecule has 1 saturated carbocycles. The molecule has 0 spiro atoms. The molecule has 112 valence electrons. The van der Waals surface area contributed by atoms with Crippen LogP contribution >= 0.6 is 0 Å². The van der Waals surface area contributed by atoms with E-state index in [-0.39, 0.29) is 11.8 Å². The summed E-state index contributed by atoms with van der Waals surface area (Å²) >= 11 is 0. The van der Waals surface area contributed by atoms with Gasteiger partial charge in [0.15, 0.2) is 5.78 Å². The van der Waals surface area contributed by atoms with E-state index >= 15 is 0 Å². The Kier molecular flexibility index (Phi) is 5.49. The molecule has 0 atom stereocenters. The molecule has 1 N–H and O–H groups in total. The number of hydrazone groups is 1. The quantitative estimate of drug-likeness (QED) is 0.525. The Morgan fingerprint density at radius 3 is 2.62 bits per heavy atom. The molecule has 0 unspecified atom stereocenters. The summed E-state index contributed by atoms with van der Waals surface area (Å²) in [4.78, 5) is 23.3. The molecule has 1 aliphatic carbocycles. The number of nitrogens with zero attached hydrogens (tertiary/aromatic N) is 1. The van der Waals surface area contributed by atoms with Crippen molar-refractivity contribution in [3.8, 4) is 0 Å². The number of ketones is 1. The van der Waals surface area contributed by atoms with Gasteiger partial charge in [0.1, 0.15) is 5.71 Å². The highest BCUT2D eigenvalue weighted by Gasteiger charge is 2.15. The summed E-state index contributed by atoms with van der Waals surface area (Å²) in [6, 6.07) is 6.85. The van der Waals surface area contributed by atoms with Crippen LogP contribution in [0.1, 0.15) is 49.4 Å². The summed E-state index contributed by atoms with van der Waals surface area (Å²) in [6.45, 7) is 2.13. The van der Waals surface area contributed by atoms with Crippen molar-refractivity contribution < 1.29 is 14.3 Å². The average Bonchev–Trinajstić information content (AvgIpc) is 2.70. The molecule has 5 nitrogen and oxygen atoms in total. The molecule has 0 heterocycles. The molecule has 2 rings (SSSR count). The Bertz CT molecular complexity index is 535. The second kappa shape index (κ2) is 7.57. The lowest BCUT2D eigenvalue weighted by Gasteiger charge is -2.05. The van der Waals surface area contributed by atoms with Gasteiger partial charge in [0.25, 0.3) is 0 Å². The van der Waals surface area contributed by atoms with Gasteiger partial charge in [0.05, 0.1) is 17.9 Å². The van der Waals surface area contributed by atoms with E-state index in [1.807, 2.05) is 0 Å². The first-order valence-electron chi connectivity index (χ1n) is 7.33. The first-order chi connectivity index (χ1) is 10.2. The van der Waals surface area contributed by atoms with Crippen LogP contribution in [0.15, 0.2) is 29.4 Å². The molecule has 0 amide bonds. The second-order valence-corrected chi connectivity index (χ2v) is 4.95. The minimum atomic E-state index is -0.339. The van der Waals surface area contributed by atoms with Crippen LogP contribution < -0.4 is 5.43 Å². The van der Waals surface area contributed by atoms with Crippen molar-refractivity contribution >= 4 is 23.2 Å². The Balaban J connectivity index is 1.99. The van der Waals surface area contributed by atoms with E-state index in [0.717, 1.165) is 31.4 Å². The fourth-order valence-electron chi connectivity index (χ4n) is 2.18. The number of Topliss-reactive ketones (excluding diaryl/α,β-unsaturated/α-hetero) is 1. The van der Waals surface area contributed by atoms with Crippen LogP contribution in [0.4, 0.5) is 5.69 Å². The highest BCUT2D eigenvalue weighted by Crippen LogP contribution is 2.14. The van der Waals surface area contributed by atoms with Crippen LogP contribution in [0.25, 0.3) is 0 Å². The van der Waals surface area contributed by atoms with Crippen LogP contribution in [-0.4, -0.2) is 24.1 Å². The Labute approximate surface area is 124 Å². The number of anilines is 1. The van der Waals surface area contributed by atoms with E-state index in [1.165, 1.54) is 0 Å². The lowest BCUT2D eigenvalue weighted by molar-refractivity contribution is -0.113. The summed E-state index contributed by atoms with van der Waals surface area (Å²) < 4.78 is 4.92. The fourth-order valence-corrected chi connectivity index (χ4v) is 2.18. The third-order valence-electron chi connectivity index (χ3n) is 3.36. The minimum absolute atomic E-state index is 0.128. The highest BCUT2D eigenvalue weighted by atomic mass is 16.5. The lowest BCUT2D eigenvalue weighted by atomic mass is 10.1. The smallest absolute Gasteiger partial charge is 0.338 e. The largest absolute Gasteiger partial charge is 0.462 e. The zero-order valence-electron chi connectivity index (χ0n) is 12.2. The molecule has 0 aromatic heterocycles. The lowest BCUT2D eigenvalue weighted by Crippen LogP contribution is -2.13. The van der Waals surface area contributed by atoms with Crippen molar-refractivity contribution in [3.05, 3.63) is 29.8 Å². The molecule has 1 fully saturated rings. The molecule has 0 bridgehead atoms. The van der Waals surface area contributed by atoms with Crippen LogP contribution in [0.5, 0.6) is 0 Å². The number of hydrogen-bond donors (Lipinski definition) is 1. The molecule has 5 heteroatoms. The number of hydrogen-bond acceptors (Lipinski definition) is 5. The van der Waals surface area contributed by atoms with Gasteiger partial charge < -0.3 is 4.74 Å². The number of nitrogens with one attached hydrogen (secondary N) is 1. The highest BCUT2D eigenvalue weighted by molar-refractivity contribution is 6.40. The average molecular weight is 288 g/mol. The zero-order chi connectivity index (χ0) is 15.1. The predicted molar refractivity (Wildman–Crippen MR) is 81.5 cm³/mol. The molecule has 1 aliphatic rings. The van der Waals surface area contributed by atoms with Gasteiger partial charge in [-0.25, -0.2) is 4.79 Å². The minimum Gasteiger partial charge on any atom is -0.462 e. The van der Waals surface area contributed by atoms with Gasteiger partial charge in [-0.3, -0.25) is 10.2 Å². The van der Waals surface area contributed by atoms with Crippen LogP contribution in [0.3, 0.4) is 0 Å². The second-order valence-electron chi connectivity index (χ2n) is 4.95. The summed E-state index contributed by atoms with van der Waals surface area (Å²) in [7, 11) is 0. The van der Waals surface area contributed by atoms with Crippen molar-refractivity contribution in [2.75, 3.05) is 12.0 Å². The maximum Gasteiger partial charge on any atom is 0.338 e. The van der Waals surface area contributed by atoms with Crippen molar-refractivity contribution in [1.29, 1.82) is 0 Å². The van der Waals surface area contributed by atoms with Crippen LogP contribution in [-0.2, 0) is 9.53 Å². The van der Waals surface area contributed by atoms with E-state index in [0.29, 0.717) is 24.3 Å². The number of carbonyl (C=O) groups excluding carboxylic acids is 2. The van der Waals surface area contributed by atoms with Gasteiger partial charge >= 0.3 is 5.97 Å². The maximum atomic E-state index is 11.8. The van der Waals surface area contributed by atoms with Crippen molar-refractivity contribution in [2.45, 2.75) is 39.0 Å². The van der Waals surface area contributed by atoms with Crippen molar-refractivity contribution in [3.63, 3.8) is 0 Å². The molecule has 0 radical (unpaired) electrons. The normalized spacial score (nSPS) is 17.4. The number of carbonyl (C=O) groups is 2. The first kappa shape index (κ1) is 15.2. The molecule has 0 aliphatic heterocycles. The van der Waals surface area contributed by atoms with E-state index in [4.69, 9.17) is 4.74 Å². The van der Waals surface area contributed by atoms with Gasteiger partial charge in [-0.1, -0.05) is 6.42 Å². The number of ether oxygens (including phenoxy) is 1. The molecular weight excluding hydrogens is 268 g/mol. The predicted octanol–water partition coefficient (Wildman–Crippen LogP) is 3.16. The Morgan fingerprint density at radius 2 is 1.90 bits per heavy atom. The zero-order valence-corrected chi connectivity index (χ0v) is 12.2. The van der Waals surface area contributed by atoms with E-state index in [9.17, 15) is 9.59 Å². The van der Waals surface area contributed by atoms with Crippen LogP contribution in [0, 0.1) is 0 Å². The molecular formula is C16H20N2O3. The van der Waals surface area contributed by atoms with E-state index in [1.54, 1.807) is 31.2 Å². The van der Waals surface area contributed by atoms with E-state index < -0.39 is 0 Å². The third-order valence-corrected chi connectivity index (χ3v) is 3.36. The van der Waals surface area contributed by atoms with Gasteiger partial charge in [0, 0.05) is 6.42 Å². The summed E-state index contributed by atoms with van der Waals surface area (Å²) in [6.07, 6.45) is 4.36. The summed E-state index contributed by atoms with van der Waals surface area (Å²) in [5.41, 5.74) is 4.74. The Morgan fingerprint density at radius 1 is 1.19 bits per heavy atom. The first-order valence-corrected chi connectivity index (χ1v) is 7.33. The summed E-state index contributed by atoms with van der Waals surface area (Å²) in [5, 5.41) is 4.21. The summed E-state index contributed by atoms with van der Waals surface area (Å²) in [5.74, 6) is -0.211. The standard InChI is InChI=1S/C16H20N2O3/c1-2-21-16(20)12-8-10-13(11-9-12)17-18-14-6-4-3-5-7-15(14)19/h8-11,17H,2-7H2,1H3/b18-14+. The van der Waals surface area contributed by atoms with Crippen molar-refractivity contribution in [2.24, 2.45) is 5.10 Å². The number of esters is 1. The van der Waals surface area contributed by atoms with Gasteiger partial charge in [0.2, 0.25) is 0 Å². The van der Waals surface area contributed by atoms with Gasteiger partial charge in [-0.2, -0.15) is 5.10 Å². The molecule has 1 aromatic carbocycles. The number of benzene rings is 1.